The van der Waals surface area contributed by atoms with Crippen LogP contribution in [0.4, 0.5) is 0 Å². The van der Waals surface area contributed by atoms with Crippen molar-refractivity contribution in [3.8, 4) is 0 Å². The third-order valence-corrected chi connectivity index (χ3v) is 6.16. The Morgan fingerprint density at radius 3 is 2.88 bits per heavy atom. The number of hydrogen-bond donors (Lipinski definition) is 1. The summed E-state index contributed by atoms with van der Waals surface area (Å²) in [6, 6.07) is 4.85. The summed E-state index contributed by atoms with van der Waals surface area (Å²) < 4.78 is 0. The van der Waals surface area contributed by atoms with E-state index in [4.69, 9.17) is 0 Å². The van der Waals surface area contributed by atoms with Gasteiger partial charge in [0, 0.05) is 23.7 Å². The molecule has 2 aromatic heterocycles. The molecule has 2 atom stereocenters. The monoisotopic (exact) mass is 354 g/mol. The quantitative estimate of drug-likeness (QED) is 0.716. The van der Waals surface area contributed by atoms with E-state index in [1.165, 1.54) is 6.20 Å². The molecule has 1 saturated heterocycles. The van der Waals surface area contributed by atoms with Gasteiger partial charge in [-0.3, -0.25) is 19.4 Å². The summed E-state index contributed by atoms with van der Waals surface area (Å²) in [5, 5.41) is 3.31. The molecule has 3 heterocycles. The van der Waals surface area contributed by atoms with Gasteiger partial charge in [-0.2, -0.15) is 0 Å². The van der Waals surface area contributed by atoms with E-state index in [0.717, 1.165) is 24.3 Å². The van der Waals surface area contributed by atoms with Crippen LogP contribution in [0.1, 0.15) is 61.2 Å². The Morgan fingerprint density at radius 1 is 1.32 bits per heavy atom. The molecule has 6 heteroatoms. The van der Waals surface area contributed by atoms with Gasteiger partial charge in [-0.1, -0.05) is 13.8 Å². The summed E-state index contributed by atoms with van der Waals surface area (Å²) in [7, 11) is 0. The Balaban J connectivity index is 1.75. The van der Waals surface area contributed by atoms with E-state index in [0.29, 0.717) is 33.3 Å². The van der Waals surface area contributed by atoms with Gasteiger partial charge >= 0.3 is 0 Å². The van der Waals surface area contributed by atoms with Crippen LogP contribution in [0, 0.1) is 11.3 Å². The van der Waals surface area contributed by atoms with E-state index in [9.17, 15) is 14.4 Å². The zero-order valence-corrected chi connectivity index (χ0v) is 14.9. The Kier molecular flexibility index (Phi) is 3.70. The molecular formula is C19H18N2O3S. The molecule has 0 aromatic carbocycles. The lowest BCUT2D eigenvalue weighted by molar-refractivity contribution is 0.0737. The second-order valence-corrected chi connectivity index (χ2v) is 8.29. The SMILES string of the molecule is CC1CNCC(C)(C(=O)c2cc3c(s2)C(=O)c2ncccc2C3=O)C1. The topological polar surface area (TPSA) is 76.1 Å². The van der Waals surface area contributed by atoms with Crippen molar-refractivity contribution < 1.29 is 14.4 Å². The van der Waals surface area contributed by atoms with E-state index >= 15 is 0 Å². The number of nitrogens with zero attached hydrogens (tertiary/aromatic N) is 1. The summed E-state index contributed by atoms with van der Waals surface area (Å²) in [5.74, 6) is -0.0830. The van der Waals surface area contributed by atoms with E-state index in [-0.39, 0.29) is 23.0 Å². The van der Waals surface area contributed by atoms with Crippen LogP contribution in [0.15, 0.2) is 24.4 Å². The predicted molar refractivity (Wildman–Crippen MR) is 94.5 cm³/mol. The highest BCUT2D eigenvalue weighted by Gasteiger charge is 2.40. The van der Waals surface area contributed by atoms with Gasteiger partial charge in [0.2, 0.25) is 5.78 Å². The second kappa shape index (κ2) is 5.68. The van der Waals surface area contributed by atoms with E-state index < -0.39 is 5.41 Å². The van der Waals surface area contributed by atoms with E-state index in [1.807, 2.05) is 6.92 Å². The molecular weight excluding hydrogens is 336 g/mol. The highest BCUT2D eigenvalue weighted by Crippen LogP contribution is 2.38. The smallest absolute Gasteiger partial charge is 0.222 e. The van der Waals surface area contributed by atoms with Gasteiger partial charge in [-0.15, -0.1) is 11.3 Å². The van der Waals surface area contributed by atoms with Crippen molar-refractivity contribution in [1.82, 2.24) is 10.3 Å². The number of aromatic nitrogens is 1. The first kappa shape index (κ1) is 16.3. The number of nitrogens with one attached hydrogen (secondary N) is 1. The maximum Gasteiger partial charge on any atom is 0.222 e. The molecule has 128 valence electrons. The fraction of sp³-hybridized carbons (Fsp3) is 0.368. The Bertz CT molecular complexity index is 865. The minimum absolute atomic E-state index is 0.00330. The lowest BCUT2D eigenvalue weighted by atomic mass is 9.74. The first-order valence-electron chi connectivity index (χ1n) is 8.34. The van der Waals surface area contributed by atoms with Crippen LogP contribution in [0.2, 0.25) is 0 Å². The van der Waals surface area contributed by atoms with Gasteiger partial charge in [0.15, 0.2) is 11.6 Å². The average Bonchev–Trinajstić information content (AvgIpc) is 3.04. The second-order valence-electron chi connectivity index (χ2n) is 7.24. The molecule has 0 amide bonds. The summed E-state index contributed by atoms with van der Waals surface area (Å²) in [6.07, 6.45) is 2.30. The largest absolute Gasteiger partial charge is 0.315 e. The maximum atomic E-state index is 13.1. The number of carbonyl (C=O) groups excluding carboxylic acids is 3. The number of ketones is 3. The number of pyridine rings is 1. The summed E-state index contributed by atoms with van der Waals surface area (Å²) in [4.78, 5) is 43.3. The molecule has 1 aliphatic heterocycles. The average molecular weight is 354 g/mol. The fourth-order valence-corrected chi connectivity index (χ4v) is 5.03. The highest BCUT2D eigenvalue weighted by molar-refractivity contribution is 7.16. The van der Waals surface area contributed by atoms with E-state index in [2.05, 4.69) is 17.2 Å². The van der Waals surface area contributed by atoms with Crippen molar-refractivity contribution in [3.05, 3.63) is 51.0 Å². The molecule has 0 saturated carbocycles. The van der Waals surface area contributed by atoms with Gasteiger partial charge in [0.25, 0.3) is 0 Å². The van der Waals surface area contributed by atoms with Crippen LogP contribution in [0.3, 0.4) is 0 Å². The maximum absolute atomic E-state index is 13.1. The summed E-state index contributed by atoms with van der Waals surface area (Å²) in [5.41, 5.74) is 0.317. The van der Waals surface area contributed by atoms with Gasteiger partial charge in [0.1, 0.15) is 5.69 Å². The van der Waals surface area contributed by atoms with Crippen molar-refractivity contribution in [2.45, 2.75) is 20.3 Å². The van der Waals surface area contributed by atoms with Crippen LogP contribution in [0.5, 0.6) is 0 Å². The molecule has 25 heavy (non-hydrogen) atoms. The molecule has 5 nitrogen and oxygen atoms in total. The zero-order chi connectivity index (χ0) is 17.8. The number of piperidine rings is 1. The van der Waals surface area contributed by atoms with Gasteiger partial charge < -0.3 is 5.32 Å². The van der Waals surface area contributed by atoms with Crippen molar-refractivity contribution >= 4 is 28.7 Å². The molecule has 1 fully saturated rings. The molecule has 1 aliphatic carbocycles. The van der Waals surface area contributed by atoms with Crippen molar-refractivity contribution in [1.29, 1.82) is 0 Å². The van der Waals surface area contributed by atoms with Crippen molar-refractivity contribution in [3.63, 3.8) is 0 Å². The first-order valence-corrected chi connectivity index (χ1v) is 9.16. The molecule has 2 unspecified atom stereocenters. The lowest BCUT2D eigenvalue weighted by Gasteiger charge is -2.35. The number of thiophene rings is 1. The van der Waals surface area contributed by atoms with Gasteiger partial charge in [-0.25, -0.2) is 0 Å². The number of hydrogen-bond acceptors (Lipinski definition) is 6. The van der Waals surface area contributed by atoms with Crippen LogP contribution in [0.25, 0.3) is 0 Å². The Labute approximate surface area is 149 Å². The predicted octanol–water partition coefficient (Wildman–Crippen LogP) is 2.74. The molecule has 2 aliphatic rings. The molecule has 1 N–H and O–H groups in total. The Hall–Kier alpha value is -2.18. The number of fused-ring (bicyclic) bond motifs is 2. The van der Waals surface area contributed by atoms with Gasteiger partial charge in [0.05, 0.1) is 15.3 Å². The Morgan fingerprint density at radius 2 is 2.12 bits per heavy atom. The highest BCUT2D eigenvalue weighted by atomic mass is 32.1. The number of rotatable bonds is 2. The van der Waals surface area contributed by atoms with Crippen LogP contribution in [-0.4, -0.2) is 35.4 Å². The number of Topliss-reactive ketones (excluding diaryl/α,β-unsaturated/α-hetero) is 1. The van der Waals surface area contributed by atoms with E-state index in [1.54, 1.807) is 18.2 Å². The van der Waals surface area contributed by atoms with Crippen LogP contribution < -0.4 is 5.32 Å². The van der Waals surface area contributed by atoms with Crippen LogP contribution >= 0.6 is 11.3 Å². The third-order valence-electron chi connectivity index (χ3n) is 5.03. The molecule has 4 rings (SSSR count). The molecule has 2 aromatic rings. The third kappa shape index (κ3) is 2.48. The summed E-state index contributed by atoms with van der Waals surface area (Å²) >= 11 is 1.12. The molecule has 0 bridgehead atoms. The molecule has 0 radical (unpaired) electrons. The lowest BCUT2D eigenvalue weighted by Crippen LogP contribution is -2.46. The van der Waals surface area contributed by atoms with Crippen LogP contribution in [-0.2, 0) is 0 Å². The van der Waals surface area contributed by atoms with Gasteiger partial charge in [-0.05, 0) is 37.1 Å². The standard InChI is InChI=1S/C19H18N2O3S/c1-10-7-19(2,9-20-8-10)18(24)13-6-12-15(22)11-4-3-5-21-14(11)16(23)17(12)25-13/h3-6,10,20H,7-9H2,1-2H3. The summed E-state index contributed by atoms with van der Waals surface area (Å²) in [6.45, 7) is 5.59. The first-order chi connectivity index (χ1) is 11.9. The normalized spacial score (nSPS) is 25.4. The zero-order valence-electron chi connectivity index (χ0n) is 14.1. The molecule has 0 spiro atoms. The fourth-order valence-electron chi connectivity index (χ4n) is 3.84. The number of carbonyl (C=O) groups is 3. The van der Waals surface area contributed by atoms with Crippen molar-refractivity contribution in [2.75, 3.05) is 13.1 Å². The van der Waals surface area contributed by atoms with Crippen molar-refractivity contribution in [2.24, 2.45) is 11.3 Å². The minimum Gasteiger partial charge on any atom is -0.315 e. The minimum atomic E-state index is -0.512.